The Kier molecular flexibility index (Phi) is 8.14. The molecule has 1 aromatic carbocycles. The Labute approximate surface area is 200 Å². The van der Waals surface area contributed by atoms with E-state index in [1.807, 2.05) is 13.0 Å². The molecule has 33 heavy (non-hydrogen) atoms. The van der Waals surface area contributed by atoms with Gasteiger partial charge in [0.1, 0.15) is 11.5 Å². The summed E-state index contributed by atoms with van der Waals surface area (Å²) < 4.78 is 32.5. The van der Waals surface area contributed by atoms with Gasteiger partial charge >= 0.3 is 6.09 Å². The van der Waals surface area contributed by atoms with Gasteiger partial charge in [-0.25, -0.2) is 13.2 Å². The van der Waals surface area contributed by atoms with Crippen molar-refractivity contribution in [2.45, 2.75) is 20.4 Å². The molecular weight excluding hydrogens is 492 g/mol. The first-order chi connectivity index (χ1) is 15.6. The Morgan fingerprint density at radius 1 is 1.09 bits per heavy atom. The van der Waals surface area contributed by atoms with Crippen LogP contribution in [0.1, 0.15) is 13.8 Å². The first kappa shape index (κ1) is 25.2. The molecule has 10 nitrogen and oxygen atoms in total. The molecule has 1 saturated heterocycles. The van der Waals surface area contributed by atoms with Gasteiger partial charge in [0.15, 0.2) is 14.6 Å². The van der Waals surface area contributed by atoms with E-state index in [9.17, 15) is 22.8 Å². The van der Waals surface area contributed by atoms with E-state index in [0.29, 0.717) is 16.4 Å². The molecule has 3 amide bonds. The molecule has 1 aliphatic heterocycles. The van der Waals surface area contributed by atoms with Crippen molar-refractivity contribution >= 4 is 60.9 Å². The number of amides is 3. The molecule has 1 fully saturated rings. The number of nitrogens with zero attached hydrogens (tertiary/aromatic N) is 4. The number of halogens is 1. The molecule has 1 aliphatic rings. The highest BCUT2D eigenvalue weighted by atomic mass is 35.5. The van der Waals surface area contributed by atoms with Crippen LogP contribution in [0.4, 0.5) is 4.79 Å². The number of thiazole rings is 1. The van der Waals surface area contributed by atoms with E-state index in [0.717, 1.165) is 10.2 Å². The van der Waals surface area contributed by atoms with Crippen LogP contribution in [0.15, 0.2) is 23.2 Å². The van der Waals surface area contributed by atoms with Crippen molar-refractivity contribution in [2.75, 3.05) is 44.3 Å². The monoisotopic (exact) mass is 516 g/mol. The van der Waals surface area contributed by atoms with Gasteiger partial charge in [-0.05, 0) is 32.0 Å². The molecule has 0 bridgehead atoms. The number of aromatic nitrogens is 1. The molecule has 0 atom stereocenters. The number of hydrogen-bond acceptors (Lipinski definition) is 7. The van der Waals surface area contributed by atoms with Crippen LogP contribution in [0.5, 0.6) is 0 Å². The predicted molar refractivity (Wildman–Crippen MR) is 125 cm³/mol. The average molecular weight is 517 g/mol. The summed E-state index contributed by atoms with van der Waals surface area (Å²) >= 11 is 7.26. The standard InChI is InChI=1S/C20H25ClN4O6S2/c1-3-25-15-6-5-14(21)11-16(15)32-19(25)22-17(26)12-33(29,30)13-18(27)23-7-9-24(10-8-23)20(28)31-4-2/h5-6,11H,3-4,7-10,12-13H2,1-2H3. The zero-order chi connectivity index (χ0) is 24.2. The van der Waals surface area contributed by atoms with Gasteiger partial charge < -0.3 is 19.1 Å². The fourth-order valence-corrected chi connectivity index (χ4v) is 5.94. The van der Waals surface area contributed by atoms with Crippen molar-refractivity contribution in [1.82, 2.24) is 14.4 Å². The minimum absolute atomic E-state index is 0.201. The number of rotatable bonds is 6. The summed E-state index contributed by atoms with van der Waals surface area (Å²) in [6, 6.07) is 5.31. The van der Waals surface area contributed by atoms with E-state index in [-0.39, 0.29) is 32.8 Å². The van der Waals surface area contributed by atoms with Crippen LogP contribution in [0.2, 0.25) is 5.02 Å². The normalized spacial score (nSPS) is 15.2. The van der Waals surface area contributed by atoms with E-state index < -0.39 is 39.3 Å². The highest BCUT2D eigenvalue weighted by molar-refractivity contribution is 7.92. The van der Waals surface area contributed by atoms with Gasteiger partial charge in [0, 0.05) is 37.7 Å². The first-order valence-corrected chi connectivity index (χ1v) is 13.4. The Morgan fingerprint density at radius 2 is 1.76 bits per heavy atom. The Balaban J connectivity index is 1.64. The maximum atomic E-state index is 12.5. The lowest BCUT2D eigenvalue weighted by Gasteiger charge is -2.34. The van der Waals surface area contributed by atoms with Gasteiger partial charge in [-0.2, -0.15) is 4.99 Å². The fraction of sp³-hybridized carbons (Fsp3) is 0.500. The van der Waals surface area contributed by atoms with Gasteiger partial charge in [0.2, 0.25) is 5.91 Å². The number of benzene rings is 1. The summed E-state index contributed by atoms with van der Waals surface area (Å²) in [7, 11) is -4.01. The average Bonchev–Trinajstić information content (AvgIpc) is 3.08. The summed E-state index contributed by atoms with van der Waals surface area (Å²) in [5, 5.41) is 0.550. The lowest BCUT2D eigenvalue weighted by molar-refractivity contribution is -0.130. The first-order valence-electron chi connectivity index (χ1n) is 10.4. The lowest BCUT2D eigenvalue weighted by atomic mass is 10.3. The van der Waals surface area contributed by atoms with Crippen LogP contribution < -0.4 is 4.80 Å². The Bertz CT molecular complexity index is 1230. The van der Waals surface area contributed by atoms with Crippen molar-refractivity contribution < 1.29 is 27.5 Å². The largest absolute Gasteiger partial charge is 0.450 e. The number of carbonyl (C=O) groups is 3. The van der Waals surface area contributed by atoms with Gasteiger partial charge in [-0.3, -0.25) is 9.59 Å². The number of carbonyl (C=O) groups excluding carboxylic acids is 3. The van der Waals surface area contributed by atoms with E-state index in [1.165, 1.54) is 21.1 Å². The molecular formula is C20H25ClN4O6S2. The zero-order valence-electron chi connectivity index (χ0n) is 18.3. The molecule has 180 valence electrons. The Morgan fingerprint density at radius 3 is 2.39 bits per heavy atom. The second kappa shape index (κ2) is 10.7. The van der Waals surface area contributed by atoms with Gasteiger partial charge in [-0.1, -0.05) is 22.9 Å². The number of aryl methyl sites for hydroxylation is 1. The van der Waals surface area contributed by atoms with E-state index >= 15 is 0 Å². The van der Waals surface area contributed by atoms with Crippen molar-refractivity contribution in [3.05, 3.63) is 28.0 Å². The van der Waals surface area contributed by atoms with Crippen molar-refractivity contribution in [1.29, 1.82) is 0 Å². The predicted octanol–water partition coefficient (Wildman–Crippen LogP) is 1.52. The molecule has 3 rings (SSSR count). The van der Waals surface area contributed by atoms with Gasteiger partial charge in [0.25, 0.3) is 5.91 Å². The Hall–Kier alpha value is -2.44. The molecule has 1 aromatic heterocycles. The second-order valence-corrected chi connectivity index (χ2v) is 10.9. The highest BCUT2D eigenvalue weighted by Gasteiger charge is 2.28. The third kappa shape index (κ3) is 6.33. The number of ether oxygens (including phenoxy) is 1. The molecule has 0 radical (unpaired) electrons. The van der Waals surface area contributed by atoms with Crippen LogP contribution in [-0.2, 0) is 30.7 Å². The fourth-order valence-electron chi connectivity index (χ4n) is 3.45. The second-order valence-electron chi connectivity index (χ2n) is 7.35. The van der Waals surface area contributed by atoms with Crippen LogP contribution in [0.3, 0.4) is 0 Å². The summed E-state index contributed by atoms with van der Waals surface area (Å²) in [4.78, 5) is 43.8. The number of hydrogen-bond donors (Lipinski definition) is 0. The van der Waals surface area contributed by atoms with Crippen molar-refractivity contribution in [3.63, 3.8) is 0 Å². The summed E-state index contributed by atoms with van der Waals surface area (Å²) in [5.41, 5.74) is 0.846. The maximum absolute atomic E-state index is 12.5. The third-order valence-electron chi connectivity index (χ3n) is 5.03. The highest BCUT2D eigenvalue weighted by Crippen LogP contribution is 2.21. The van der Waals surface area contributed by atoms with E-state index in [4.69, 9.17) is 16.3 Å². The molecule has 0 N–H and O–H groups in total. The zero-order valence-corrected chi connectivity index (χ0v) is 20.7. The van der Waals surface area contributed by atoms with Crippen LogP contribution in [0, 0.1) is 0 Å². The molecule has 0 saturated carbocycles. The molecule has 0 aliphatic carbocycles. The topological polar surface area (TPSA) is 118 Å². The summed E-state index contributed by atoms with van der Waals surface area (Å²) in [6.45, 7) is 5.30. The van der Waals surface area contributed by atoms with Gasteiger partial charge in [-0.15, -0.1) is 0 Å². The van der Waals surface area contributed by atoms with E-state index in [1.54, 1.807) is 23.6 Å². The summed E-state index contributed by atoms with van der Waals surface area (Å²) in [5.74, 6) is -3.09. The molecule has 2 heterocycles. The summed E-state index contributed by atoms with van der Waals surface area (Å²) in [6.07, 6.45) is -0.461. The SMILES string of the molecule is CCOC(=O)N1CCN(C(=O)CS(=O)(=O)CC(=O)N=c2sc3cc(Cl)ccc3n2CC)CC1. The smallest absolute Gasteiger partial charge is 0.409 e. The molecule has 13 heteroatoms. The molecule has 2 aromatic rings. The quantitative estimate of drug-likeness (QED) is 0.574. The maximum Gasteiger partial charge on any atom is 0.409 e. The van der Waals surface area contributed by atoms with Crippen LogP contribution in [-0.4, -0.2) is 85.0 Å². The minimum Gasteiger partial charge on any atom is -0.450 e. The van der Waals surface area contributed by atoms with Crippen molar-refractivity contribution in [3.8, 4) is 0 Å². The number of piperazine rings is 1. The van der Waals surface area contributed by atoms with Crippen LogP contribution >= 0.6 is 22.9 Å². The van der Waals surface area contributed by atoms with E-state index in [2.05, 4.69) is 4.99 Å². The third-order valence-corrected chi connectivity index (χ3v) is 7.68. The lowest BCUT2D eigenvalue weighted by Crippen LogP contribution is -2.52. The molecule has 0 unspecified atom stereocenters. The number of fused-ring (bicyclic) bond motifs is 1. The minimum atomic E-state index is -4.01. The van der Waals surface area contributed by atoms with Crippen LogP contribution in [0.25, 0.3) is 10.2 Å². The van der Waals surface area contributed by atoms with Gasteiger partial charge in [0.05, 0.1) is 16.8 Å². The number of sulfone groups is 1. The van der Waals surface area contributed by atoms with Crippen molar-refractivity contribution in [2.24, 2.45) is 4.99 Å². The molecule has 0 spiro atoms.